The molecule has 0 amide bonds. The largest absolute Gasteiger partial charge is 0.481 e. The third-order valence-corrected chi connectivity index (χ3v) is 3.15. The normalized spacial score (nSPS) is 22.4. The summed E-state index contributed by atoms with van der Waals surface area (Å²) in [6, 6.07) is 0. The lowest BCUT2D eigenvalue weighted by atomic mass is 9.87. The van der Waals surface area contributed by atoms with E-state index in [2.05, 4.69) is 0 Å². The molecule has 1 N–H and O–H groups in total. The number of carbonyl (C=O) groups excluding carboxylic acids is 2. The van der Waals surface area contributed by atoms with E-state index < -0.39 is 11.9 Å². The summed E-state index contributed by atoms with van der Waals surface area (Å²) in [5.74, 6) is -2.02. The molecule has 0 radical (unpaired) electrons. The van der Waals surface area contributed by atoms with Gasteiger partial charge < -0.3 is 14.6 Å². The highest BCUT2D eigenvalue weighted by atomic mass is 16.5. The molecular formula is C14H22O6. The minimum absolute atomic E-state index is 0.132. The summed E-state index contributed by atoms with van der Waals surface area (Å²) >= 11 is 0. The van der Waals surface area contributed by atoms with Gasteiger partial charge in [-0.05, 0) is 39.5 Å². The molecule has 0 heterocycles. The van der Waals surface area contributed by atoms with E-state index in [0.29, 0.717) is 12.8 Å². The Morgan fingerprint density at radius 3 is 2.50 bits per heavy atom. The molecule has 1 aliphatic carbocycles. The average Bonchev–Trinajstić information content (AvgIpc) is 2.36. The molecule has 2 atom stereocenters. The highest BCUT2D eigenvalue weighted by Gasteiger charge is 2.30. The number of carbonyl (C=O) groups is 3. The molecule has 0 aliphatic heterocycles. The van der Waals surface area contributed by atoms with Crippen molar-refractivity contribution in [1.29, 1.82) is 0 Å². The summed E-state index contributed by atoms with van der Waals surface area (Å²) in [6.07, 6.45) is 1.89. The Hall–Kier alpha value is -1.59. The van der Waals surface area contributed by atoms with Crippen molar-refractivity contribution in [2.45, 2.75) is 64.6 Å². The van der Waals surface area contributed by atoms with Crippen LogP contribution < -0.4 is 0 Å². The molecule has 114 valence electrons. The van der Waals surface area contributed by atoms with E-state index in [1.165, 1.54) is 0 Å². The number of esters is 2. The number of rotatable bonds is 6. The van der Waals surface area contributed by atoms with Crippen LogP contribution in [-0.4, -0.2) is 35.2 Å². The van der Waals surface area contributed by atoms with Gasteiger partial charge in [0.05, 0.1) is 24.9 Å². The Labute approximate surface area is 118 Å². The van der Waals surface area contributed by atoms with Crippen molar-refractivity contribution < 1.29 is 29.0 Å². The topological polar surface area (TPSA) is 89.9 Å². The summed E-state index contributed by atoms with van der Waals surface area (Å²) in [5, 5.41) is 8.50. The first-order valence-corrected chi connectivity index (χ1v) is 7.00. The van der Waals surface area contributed by atoms with Crippen LogP contribution in [0.1, 0.15) is 52.4 Å². The number of hydrogen-bond acceptors (Lipinski definition) is 5. The minimum atomic E-state index is -1.02. The van der Waals surface area contributed by atoms with Crippen LogP contribution in [0.2, 0.25) is 0 Å². The zero-order chi connectivity index (χ0) is 15.1. The molecule has 0 saturated heterocycles. The van der Waals surface area contributed by atoms with Crippen molar-refractivity contribution in [3.8, 4) is 0 Å². The van der Waals surface area contributed by atoms with Crippen molar-refractivity contribution in [2.24, 2.45) is 5.92 Å². The van der Waals surface area contributed by atoms with Gasteiger partial charge in [0.2, 0.25) is 0 Å². The summed E-state index contributed by atoms with van der Waals surface area (Å²) in [7, 11) is 0. The van der Waals surface area contributed by atoms with E-state index in [1.807, 2.05) is 0 Å². The maximum absolute atomic E-state index is 11.8. The Bertz CT molecular complexity index is 363. The fraction of sp³-hybridized carbons (Fsp3) is 0.786. The molecule has 6 heteroatoms. The molecule has 0 aromatic carbocycles. The second-order valence-corrected chi connectivity index (χ2v) is 5.35. The fourth-order valence-electron chi connectivity index (χ4n) is 2.25. The second-order valence-electron chi connectivity index (χ2n) is 5.35. The predicted octanol–water partition coefficient (Wildman–Crippen LogP) is 1.90. The smallest absolute Gasteiger partial charge is 0.309 e. The van der Waals surface area contributed by atoms with Gasteiger partial charge in [0.1, 0.15) is 6.10 Å². The van der Waals surface area contributed by atoms with E-state index in [4.69, 9.17) is 14.6 Å². The van der Waals surface area contributed by atoms with E-state index in [1.54, 1.807) is 13.8 Å². The van der Waals surface area contributed by atoms with E-state index in [-0.39, 0.29) is 36.9 Å². The van der Waals surface area contributed by atoms with Gasteiger partial charge in [-0.25, -0.2) is 0 Å². The van der Waals surface area contributed by atoms with Gasteiger partial charge in [-0.3, -0.25) is 14.4 Å². The third kappa shape index (κ3) is 6.04. The van der Waals surface area contributed by atoms with Crippen LogP contribution in [-0.2, 0) is 23.9 Å². The van der Waals surface area contributed by atoms with Crippen LogP contribution in [0.5, 0.6) is 0 Å². The number of hydrogen-bond donors (Lipinski definition) is 1. The molecular weight excluding hydrogens is 264 g/mol. The zero-order valence-electron chi connectivity index (χ0n) is 12.0. The van der Waals surface area contributed by atoms with Crippen LogP contribution in [0, 0.1) is 5.92 Å². The van der Waals surface area contributed by atoms with Crippen molar-refractivity contribution in [2.75, 3.05) is 0 Å². The summed E-state index contributed by atoms with van der Waals surface area (Å²) < 4.78 is 10.4. The average molecular weight is 286 g/mol. The van der Waals surface area contributed by atoms with Crippen molar-refractivity contribution >= 4 is 17.9 Å². The number of ether oxygens (including phenoxy) is 2. The molecule has 0 bridgehead atoms. The lowest BCUT2D eigenvalue weighted by molar-refractivity contribution is -0.161. The Kier molecular flexibility index (Phi) is 6.48. The molecule has 6 nitrogen and oxygen atoms in total. The van der Waals surface area contributed by atoms with Gasteiger partial charge in [-0.15, -0.1) is 0 Å². The standard InChI is InChI=1S/C14H22O6/c1-9(2)19-14(18)10-4-3-5-11(8-10)20-13(17)7-6-12(15)16/h9-11H,3-8H2,1-2H3,(H,15,16)/t10-,11+/m0/s1. The predicted molar refractivity (Wildman–Crippen MR) is 69.9 cm³/mol. The van der Waals surface area contributed by atoms with Crippen molar-refractivity contribution in [3.63, 3.8) is 0 Å². The van der Waals surface area contributed by atoms with Gasteiger partial charge in [-0.1, -0.05) is 0 Å². The number of carboxylic acids is 1. The molecule has 0 unspecified atom stereocenters. The Balaban J connectivity index is 2.38. The zero-order valence-corrected chi connectivity index (χ0v) is 12.0. The quantitative estimate of drug-likeness (QED) is 0.750. The lowest BCUT2D eigenvalue weighted by Gasteiger charge is -2.28. The Morgan fingerprint density at radius 2 is 1.90 bits per heavy atom. The van der Waals surface area contributed by atoms with Crippen molar-refractivity contribution in [3.05, 3.63) is 0 Å². The monoisotopic (exact) mass is 286 g/mol. The molecule has 0 aromatic heterocycles. The number of carboxylic acid groups (broad SMARTS) is 1. The third-order valence-electron chi connectivity index (χ3n) is 3.15. The van der Waals surface area contributed by atoms with Gasteiger partial charge >= 0.3 is 17.9 Å². The summed E-state index contributed by atoms with van der Waals surface area (Å²) in [4.78, 5) is 33.7. The SMILES string of the molecule is CC(C)OC(=O)[C@H]1CCC[C@@H](OC(=O)CCC(=O)O)C1. The summed E-state index contributed by atoms with van der Waals surface area (Å²) in [6.45, 7) is 3.59. The molecule has 1 saturated carbocycles. The number of aliphatic carboxylic acids is 1. The van der Waals surface area contributed by atoms with Crippen LogP contribution >= 0.6 is 0 Å². The highest BCUT2D eigenvalue weighted by molar-refractivity contribution is 5.76. The second kappa shape index (κ2) is 7.87. The fourth-order valence-corrected chi connectivity index (χ4v) is 2.25. The van der Waals surface area contributed by atoms with Crippen LogP contribution in [0.15, 0.2) is 0 Å². The van der Waals surface area contributed by atoms with Gasteiger partial charge in [0.15, 0.2) is 0 Å². The van der Waals surface area contributed by atoms with Gasteiger partial charge in [0, 0.05) is 0 Å². The maximum atomic E-state index is 11.8. The minimum Gasteiger partial charge on any atom is -0.481 e. The van der Waals surface area contributed by atoms with E-state index in [9.17, 15) is 14.4 Å². The molecule has 1 rings (SSSR count). The van der Waals surface area contributed by atoms with Gasteiger partial charge in [-0.2, -0.15) is 0 Å². The van der Waals surface area contributed by atoms with E-state index in [0.717, 1.165) is 12.8 Å². The lowest BCUT2D eigenvalue weighted by Crippen LogP contribution is -2.31. The molecule has 0 aromatic rings. The Morgan fingerprint density at radius 1 is 1.20 bits per heavy atom. The first-order valence-electron chi connectivity index (χ1n) is 7.00. The molecule has 0 spiro atoms. The maximum Gasteiger partial charge on any atom is 0.309 e. The van der Waals surface area contributed by atoms with Crippen LogP contribution in [0.4, 0.5) is 0 Å². The summed E-state index contributed by atoms with van der Waals surface area (Å²) in [5.41, 5.74) is 0. The van der Waals surface area contributed by atoms with Crippen molar-refractivity contribution in [1.82, 2.24) is 0 Å². The molecule has 20 heavy (non-hydrogen) atoms. The van der Waals surface area contributed by atoms with Crippen LogP contribution in [0.25, 0.3) is 0 Å². The molecule has 1 fully saturated rings. The molecule has 1 aliphatic rings. The van der Waals surface area contributed by atoms with Gasteiger partial charge in [0.25, 0.3) is 0 Å². The highest BCUT2D eigenvalue weighted by Crippen LogP contribution is 2.28. The van der Waals surface area contributed by atoms with Crippen LogP contribution in [0.3, 0.4) is 0 Å². The first kappa shape index (κ1) is 16.5. The van der Waals surface area contributed by atoms with E-state index >= 15 is 0 Å². The first-order chi connectivity index (χ1) is 9.38.